The minimum absolute atomic E-state index is 0.291. The fourth-order valence-electron chi connectivity index (χ4n) is 4.11. The Bertz CT molecular complexity index is 1160. The lowest BCUT2D eigenvalue weighted by Crippen LogP contribution is -2.49. The molecule has 0 spiro atoms. The lowest BCUT2D eigenvalue weighted by Gasteiger charge is -2.37. The second-order valence-corrected chi connectivity index (χ2v) is 7.28. The summed E-state index contributed by atoms with van der Waals surface area (Å²) in [6.07, 6.45) is 0.355. The van der Waals surface area contributed by atoms with Crippen molar-refractivity contribution in [3.05, 3.63) is 95.6 Å². The van der Waals surface area contributed by atoms with E-state index >= 15 is 0 Å². The van der Waals surface area contributed by atoms with Gasteiger partial charge >= 0.3 is 6.03 Å². The predicted molar refractivity (Wildman–Crippen MR) is 112 cm³/mol. The van der Waals surface area contributed by atoms with Crippen LogP contribution in [0.3, 0.4) is 0 Å². The van der Waals surface area contributed by atoms with Crippen LogP contribution in [0.25, 0.3) is 0 Å². The number of hydrogen-bond donors (Lipinski definition) is 1. The molecule has 1 heterocycles. The Morgan fingerprint density at radius 1 is 1.00 bits per heavy atom. The third-order valence-electron chi connectivity index (χ3n) is 5.51. The Balaban J connectivity index is 1.95. The first-order valence-electron chi connectivity index (χ1n) is 9.77. The molecule has 0 aromatic heterocycles. The molecule has 2 atom stereocenters. The van der Waals surface area contributed by atoms with Gasteiger partial charge in [0.2, 0.25) is 0 Å². The molecule has 1 aliphatic rings. The maximum absolute atomic E-state index is 13.6. The van der Waals surface area contributed by atoms with Crippen molar-refractivity contribution < 1.29 is 18.7 Å². The monoisotopic (exact) mass is 419 g/mol. The van der Waals surface area contributed by atoms with Crippen molar-refractivity contribution in [2.45, 2.75) is 25.1 Å². The van der Waals surface area contributed by atoms with E-state index in [0.29, 0.717) is 28.9 Å². The van der Waals surface area contributed by atoms with Crippen LogP contribution in [0.15, 0.2) is 72.8 Å². The van der Waals surface area contributed by atoms with E-state index in [0.717, 1.165) is 0 Å². The maximum Gasteiger partial charge on any atom is 0.332 e. The van der Waals surface area contributed by atoms with Crippen molar-refractivity contribution in [3.63, 3.8) is 0 Å². The van der Waals surface area contributed by atoms with Gasteiger partial charge in [0.15, 0.2) is 5.72 Å². The lowest BCUT2D eigenvalue weighted by molar-refractivity contribution is 0.0306. The van der Waals surface area contributed by atoms with E-state index in [1.807, 2.05) is 13.0 Å². The number of carbonyl (C=O) groups excluding carboxylic acids is 1. The Labute approximate surface area is 178 Å². The topological polar surface area (TPSA) is 67.6 Å². The van der Waals surface area contributed by atoms with Crippen LogP contribution >= 0.6 is 0 Å². The number of nitrogens with zero attached hydrogens (tertiary/aromatic N) is 3. The molecule has 3 aromatic rings. The summed E-state index contributed by atoms with van der Waals surface area (Å²) in [6, 6.07) is 17.8. The summed E-state index contributed by atoms with van der Waals surface area (Å²) < 4.78 is 27.1. The first-order chi connectivity index (χ1) is 14.9. The van der Waals surface area contributed by atoms with Gasteiger partial charge in [-0.3, -0.25) is 9.80 Å². The summed E-state index contributed by atoms with van der Waals surface area (Å²) in [5.74, 6) is -0.927. The zero-order valence-electron chi connectivity index (χ0n) is 16.7. The number of aliphatic hydroxyl groups is 1. The Kier molecular flexibility index (Phi) is 5.17. The van der Waals surface area contributed by atoms with Crippen LogP contribution in [0.4, 0.5) is 25.0 Å². The van der Waals surface area contributed by atoms with Gasteiger partial charge in [-0.15, -0.1) is 0 Å². The summed E-state index contributed by atoms with van der Waals surface area (Å²) in [5.41, 5.74) is -0.476. The van der Waals surface area contributed by atoms with Crippen LogP contribution in [-0.4, -0.2) is 17.2 Å². The number of rotatable bonds is 4. The number of urea groups is 1. The predicted octanol–water partition coefficient (Wildman–Crippen LogP) is 4.91. The Morgan fingerprint density at radius 2 is 1.58 bits per heavy atom. The molecule has 1 unspecified atom stereocenters. The first kappa shape index (κ1) is 20.5. The molecule has 1 N–H and O–H groups in total. The lowest BCUT2D eigenvalue weighted by atomic mass is 9.91. The van der Waals surface area contributed by atoms with Crippen molar-refractivity contribution in [1.82, 2.24) is 0 Å². The summed E-state index contributed by atoms with van der Waals surface area (Å²) in [4.78, 5) is 16.2. The number of anilines is 2. The molecule has 0 radical (unpaired) electrons. The summed E-state index contributed by atoms with van der Waals surface area (Å²) in [6.45, 7) is 1.82. The van der Waals surface area contributed by atoms with Gasteiger partial charge in [-0.25, -0.2) is 13.6 Å². The van der Waals surface area contributed by atoms with Gasteiger partial charge in [0.05, 0.1) is 17.7 Å². The molecule has 0 aliphatic carbocycles. The van der Waals surface area contributed by atoms with Gasteiger partial charge in [0.25, 0.3) is 0 Å². The molecule has 5 nitrogen and oxygen atoms in total. The number of carbonyl (C=O) groups is 1. The molecule has 1 aliphatic heterocycles. The van der Waals surface area contributed by atoms with E-state index in [9.17, 15) is 23.9 Å². The van der Waals surface area contributed by atoms with Crippen LogP contribution in [0.5, 0.6) is 0 Å². The second-order valence-electron chi connectivity index (χ2n) is 7.28. The normalized spacial score (nSPS) is 20.7. The highest BCUT2D eigenvalue weighted by molar-refractivity contribution is 6.08. The Hall–Kier alpha value is -3.76. The summed E-state index contributed by atoms with van der Waals surface area (Å²) >= 11 is 0. The van der Waals surface area contributed by atoms with E-state index in [2.05, 4.69) is 0 Å². The van der Waals surface area contributed by atoms with Gasteiger partial charge in [-0.05, 0) is 67.1 Å². The minimum atomic E-state index is -1.86. The van der Waals surface area contributed by atoms with Crippen molar-refractivity contribution in [2.24, 2.45) is 0 Å². The number of halogens is 2. The van der Waals surface area contributed by atoms with Crippen molar-refractivity contribution in [1.29, 1.82) is 5.26 Å². The second kappa shape index (κ2) is 7.82. The SMILES string of the molecule is CC[C@H]1N(c2ccc(F)cc2)C(=O)N(c2ccc(F)cc2)C1(O)c1cccc(C#N)c1. The minimum Gasteiger partial charge on any atom is -0.365 e. The quantitative estimate of drug-likeness (QED) is 0.654. The zero-order valence-corrected chi connectivity index (χ0v) is 16.7. The maximum atomic E-state index is 13.6. The van der Waals surface area contributed by atoms with Crippen LogP contribution < -0.4 is 9.80 Å². The van der Waals surface area contributed by atoms with E-state index in [1.54, 1.807) is 18.2 Å². The highest BCUT2D eigenvalue weighted by Crippen LogP contribution is 2.45. The van der Waals surface area contributed by atoms with Gasteiger partial charge < -0.3 is 5.11 Å². The number of amides is 2. The molecule has 31 heavy (non-hydrogen) atoms. The zero-order chi connectivity index (χ0) is 22.2. The third-order valence-corrected chi connectivity index (χ3v) is 5.51. The first-order valence-corrected chi connectivity index (χ1v) is 9.77. The van der Waals surface area contributed by atoms with Crippen LogP contribution in [-0.2, 0) is 5.72 Å². The Morgan fingerprint density at radius 3 is 2.13 bits per heavy atom. The van der Waals surface area contributed by atoms with E-state index in [1.165, 1.54) is 64.4 Å². The molecule has 7 heteroatoms. The van der Waals surface area contributed by atoms with Crippen molar-refractivity contribution in [3.8, 4) is 6.07 Å². The van der Waals surface area contributed by atoms with Gasteiger partial charge in [-0.1, -0.05) is 19.1 Å². The molecule has 1 fully saturated rings. The smallest absolute Gasteiger partial charge is 0.332 e. The molecule has 4 rings (SSSR count). The van der Waals surface area contributed by atoms with Crippen molar-refractivity contribution >= 4 is 17.4 Å². The summed E-state index contributed by atoms with van der Waals surface area (Å²) in [7, 11) is 0. The largest absolute Gasteiger partial charge is 0.365 e. The molecular formula is C24H19F2N3O2. The third kappa shape index (κ3) is 3.31. The molecule has 0 bridgehead atoms. The molecule has 2 amide bonds. The van der Waals surface area contributed by atoms with E-state index in [4.69, 9.17) is 0 Å². The van der Waals surface area contributed by atoms with Crippen LogP contribution in [0.2, 0.25) is 0 Å². The van der Waals surface area contributed by atoms with Crippen LogP contribution in [0, 0.1) is 23.0 Å². The number of nitriles is 1. The highest BCUT2D eigenvalue weighted by Gasteiger charge is 2.58. The summed E-state index contributed by atoms with van der Waals surface area (Å²) in [5, 5.41) is 21.4. The van der Waals surface area contributed by atoms with E-state index < -0.39 is 29.4 Å². The van der Waals surface area contributed by atoms with Crippen molar-refractivity contribution in [2.75, 3.05) is 9.80 Å². The van der Waals surface area contributed by atoms with Crippen LogP contribution in [0.1, 0.15) is 24.5 Å². The number of benzene rings is 3. The average molecular weight is 419 g/mol. The standard InChI is InChI=1S/C24H19F2N3O2/c1-2-22-24(31,17-5-3-4-16(14-17)15-27)29(21-12-8-19(26)9-13-21)23(30)28(22)20-10-6-18(25)7-11-20/h3-14,22,31H,2H2,1H3/t22-,24?/m1/s1. The van der Waals surface area contributed by atoms with Gasteiger partial charge in [-0.2, -0.15) is 5.26 Å². The van der Waals surface area contributed by atoms with E-state index in [-0.39, 0.29) is 0 Å². The molecule has 3 aromatic carbocycles. The fourth-order valence-corrected chi connectivity index (χ4v) is 4.11. The molecular weight excluding hydrogens is 400 g/mol. The molecule has 0 saturated carbocycles. The number of hydrogen-bond acceptors (Lipinski definition) is 3. The highest BCUT2D eigenvalue weighted by atomic mass is 19.1. The van der Waals surface area contributed by atoms with Gasteiger partial charge in [0.1, 0.15) is 11.6 Å². The molecule has 156 valence electrons. The molecule has 1 saturated heterocycles. The van der Waals surface area contributed by atoms with Gasteiger partial charge in [0, 0.05) is 16.9 Å². The fraction of sp³-hybridized carbons (Fsp3) is 0.167. The average Bonchev–Trinajstić information content (AvgIpc) is 3.02.